The molecule has 0 aliphatic heterocycles. The number of rotatable bonds is 7. The molecule has 15 heavy (non-hydrogen) atoms. The third-order valence-electron chi connectivity index (χ3n) is 2.79. The van der Waals surface area contributed by atoms with Gasteiger partial charge in [-0.1, -0.05) is 41.0 Å². The van der Waals surface area contributed by atoms with Crippen LogP contribution in [0.5, 0.6) is 0 Å². The molecular weight excluding hydrogens is 188 g/mol. The SMILES string of the molecule is CC(C)CCCCOC(=O)C(C)C(C)C. The average molecular weight is 214 g/mol. The van der Waals surface area contributed by atoms with Crippen LogP contribution in [-0.2, 0) is 9.53 Å². The van der Waals surface area contributed by atoms with Gasteiger partial charge >= 0.3 is 5.97 Å². The summed E-state index contributed by atoms with van der Waals surface area (Å²) in [5.74, 6) is 1.09. The first kappa shape index (κ1) is 14.5. The maximum absolute atomic E-state index is 11.5. The van der Waals surface area contributed by atoms with Gasteiger partial charge in [0, 0.05) is 0 Å². The maximum atomic E-state index is 11.5. The molecular formula is C13H26O2. The smallest absolute Gasteiger partial charge is 0.308 e. The van der Waals surface area contributed by atoms with E-state index < -0.39 is 0 Å². The zero-order valence-corrected chi connectivity index (χ0v) is 10.9. The first-order valence-electron chi connectivity index (χ1n) is 6.11. The maximum Gasteiger partial charge on any atom is 0.308 e. The predicted molar refractivity (Wildman–Crippen MR) is 63.7 cm³/mol. The standard InChI is InChI=1S/C13H26O2/c1-10(2)8-6-7-9-15-13(14)12(5)11(3)4/h10-12H,6-9H2,1-5H3. The Balaban J connectivity index is 3.47. The molecule has 2 heteroatoms. The summed E-state index contributed by atoms with van der Waals surface area (Å²) in [6, 6.07) is 0. The molecule has 0 amide bonds. The second kappa shape index (κ2) is 7.72. The fraction of sp³-hybridized carbons (Fsp3) is 0.923. The second-order valence-corrected chi connectivity index (χ2v) is 5.09. The van der Waals surface area contributed by atoms with Crippen LogP contribution in [0.25, 0.3) is 0 Å². The minimum Gasteiger partial charge on any atom is -0.465 e. The fourth-order valence-corrected chi connectivity index (χ4v) is 1.23. The largest absolute Gasteiger partial charge is 0.465 e. The molecule has 1 unspecified atom stereocenters. The number of ether oxygens (including phenoxy) is 1. The predicted octanol–water partition coefficient (Wildman–Crippen LogP) is 3.65. The topological polar surface area (TPSA) is 26.3 Å². The molecule has 0 aliphatic rings. The van der Waals surface area contributed by atoms with Crippen LogP contribution in [0.4, 0.5) is 0 Å². The van der Waals surface area contributed by atoms with E-state index in [4.69, 9.17) is 4.74 Å². The molecule has 0 rings (SSSR count). The first-order valence-corrected chi connectivity index (χ1v) is 6.11. The Morgan fingerprint density at radius 1 is 1.07 bits per heavy atom. The van der Waals surface area contributed by atoms with Crippen LogP contribution in [-0.4, -0.2) is 12.6 Å². The van der Waals surface area contributed by atoms with E-state index in [1.54, 1.807) is 0 Å². The fourth-order valence-electron chi connectivity index (χ4n) is 1.23. The van der Waals surface area contributed by atoms with Crippen LogP contribution in [0.2, 0.25) is 0 Å². The van der Waals surface area contributed by atoms with Crippen LogP contribution < -0.4 is 0 Å². The lowest BCUT2D eigenvalue weighted by Gasteiger charge is -2.14. The highest BCUT2D eigenvalue weighted by molar-refractivity contribution is 5.72. The first-order chi connectivity index (χ1) is 6.95. The van der Waals surface area contributed by atoms with Crippen molar-refractivity contribution in [1.82, 2.24) is 0 Å². The highest BCUT2D eigenvalue weighted by Gasteiger charge is 2.17. The Morgan fingerprint density at radius 3 is 2.13 bits per heavy atom. The second-order valence-electron chi connectivity index (χ2n) is 5.09. The molecule has 0 aromatic rings. The van der Waals surface area contributed by atoms with Gasteiger partial charge in [-0.2, -0.15) is 0 Å². The lowest BCUT2D eigenvalue weighted by atomic mass is 9.99. The lowest BCUT2D eigenvalue weighted by molar-refractivity contribution is -0.149. The Kier molecular flexibility index (Phi) is 7.45. The van der Waals surface area contributed by atoms with Crippen molar-refractivity contribution in [3.8, 4) is 0 Å². The summed E-state index contributed by atoms with van der Waals surface area (Å²) >= 11 is 0. The molecule has 0 bridgehead atoms. The summed E-state index contributed by atoms with van der Waals surface area (Å²) in [6.45, 7) is 11.0. The number of esters is 1. The molecule has 0 saturated heterocycles. The van der Waals surface area contributed by atoms with E-state index in [9.17, 15) is 4.79 Å². The van der Waals surface area contributed by atoms with Crippen LogP contribution in [0, 0.1) is 17.8 Å². The molecule has 2 nitrogen and oxygen atoms in total. The van der Waals surface area contributed by atoms with Gasteiger partial charge in [0.2, 0.25) is 0 Å². The molecule has 90 valence electrons. The molecule has 0 saturated carbocycles. The molecule has 0 radical (unpaired) electrons. The summed E-state index contributed by atoms with van der Waals surface area (Å²) in [6.07, 6.45) is 3.37. The van der Waals surface area contributed by atoms with E-state index in [2.05, 4.69) is 13.8 Å². The minimum atomic E-state index is -0.0467. The number of hydrogen-bond acceptors (Lipinski definition) is 2. The number of hydrogen-bond donors (Lipinski definition) is 0. The Morgan fingerprint density at radius 2 is 1.67 bits per heavy atom. The number of unbranched alkanes of at least 4 members (excludes halogenated alkanes) is 1. The highest BCUT2D eigenvalue weighted by atomic mass is 16.5. The number of carbonyl (C=O) groups is 1. The molecule has 0 N–H and O–H groups in total. The molecule has 0 spiro atoms. The van der Waals surface area contributed by atoms with Crippen molar-refractivity contribution < 1.29 is 9.53 Å². The van der Waals surface area contributed by atoms with E-state index in [1.807, 2.05) is 20.8 Å². The monoisotopic (exact) mass is 214 g/mol. The highest BCUT2D eigenvalue weighted by Crippen LogP contribution is 2.12. The number of carbonyl (C=O) groups excluding carboxylic acids is 1. The third kappa shape index (κ3) is 7.40. The zero-order chi connectivity index (χ0) is 11.8. The molecule has 0 heterocycles. The summed E-state index contributed by atoms with van der Waals surface area (Å²) in [5, 5.41) is 0. The van der Waals surface area contributed by atoms with Crippen molar-refractivity contribution in [2.75, 3.05) is 6.61 Å². The van der Waals surface area contributed by atoms with Crippen LogP contribution >= 0.6 is 0 Å². The molecule has 0 aromatic heterocycles. The van der Waals surface area contributed by atoms with Gasteiger partial charge in [0.1, 0.15) is 0 Å². The van der Waals surface area contributed by atoms with E-state index in [1.165, 1.54) is 6.42 Å². The van der Waals surface area contributed by atoms with E-state index in [-0.39, 0.29) is 11.9 Å². The van der Waals surface area contributed by atoms with Gasteiger partial charge in [0.25, 0.3) is 0 Å². The third-order valence-corrected chi connectivity index (χ3v) is 2.79. The van der Waals surface area contributed by atoms with E-state index >= 15 is 0 Å². The van der Waals surface area contributed by atoms with Gasteiger partial charge in [0.05, 0.1) is 12.5 Å². The van der Waals surface area contributed by atoms with Crippen LogP contribution in [0.1, 0.15) is 53.9 Å². The van der Waals surface area contributed by atoms with Crippen molar-refractivity contribution in [3.63, 3.8) is 0 Å². The average Bonchev–Trinajstić information content (AvgIpc) is 2.15. The van der Waals surface area contributed by atoms with Gasteiger partial charge < -0.3 is 4.74 Å². The quantitative estimate of drug-likeness (QED) is 0.477. The Labute approximate surface area is 94.4 Å². The van der Waals surface area contributed by atoms with Gasteiger partial charge in [0.15, 0.2) is 0 Å². The van der Waals surface area contributed by atoms with Crippen molar-refractivity contribution >= 4 is 5.97 Å². The van der Waals surface area contributed by atoms with Gasteiger partial charge in [-0.15, -0.1) is 0 Å². The van der Waals surface area contributed by atoms with Gasteiger partial charge in [-0.25, -0.2) is 0 Å². The van der Waals surface area contributed by atoms with Gasteiger partial charge in [-0.3, -0.25) is 4.79 Å². The summed E-state index contributed by atoms with van der Waals surface area (Å²) < 4.78 is 5.21. The molecule has 0 aliphatic carbocycles. The summed E-state index contributed by atoms with van der Waals surface area (Å²) in [4.78, 5) is 11.5. The van der Waals surface area contributed by atoms with Crippen molar-refractivity contribution in [2.24, 2.45) is 17.8 Å². The molecule has 1 atom stereocenters. The summed E-state index contributed by atoms with van der Waals surface area (Å²) in [7, 11) is 0. The van der Waals surface area contributed by atoms with E-state index in [0.717, 1.165) is 18.8 Å². The Hall–Kier alpha value is -0.530. The minimum absolute atomic E-state index is 0.0232. The van der Waals surface area contributed by atoms with E-state index in [0.29, 0.717) is 12.5 Å². The van der Waals surface area contributed by atoms with Crippen molar-refractivity contribution in [1.29, 1.82) is 0 Å². The Bertz CT molecular complexity index is 173. The van der Waals surface area contributed by atoms with Crippen LogP contribution in [0.3, 0.4) is 0 Å². The van der Waals surface area contributed by atoms with Crippen molar-refractivity contribution in [3.05, 3.63) is 0 Å². The molecule has 0 aromatic carbocycles. The normalized spacial score (nSPS) is 13.3. The molecule has 0 fully saturated rings. The van der Waals surface area contributed by atoms with Crippen LogP contribution in [0.15, 0.2) is 0 Å². The lowest BCUT2D eigenvalue weighted by Crippen LogP contribution is -2.20. The summed E-state index contributed by atoms with van der Waals surface area (Å²) in [5.41, 5.74) is 0. The van der Waals surface area contributed by atoms with Crippen molar-refractivity contribution in [2.45, 2.75) is 53.9 Å². The zero-order valence-electron chi connectivity index (χ0n) is 10.9. The van der Waals surface area contributed by atoms with Gasteiger partial charge in [-0.05, 0) is 24.7 Å².